The van der Waals surface area contributed by atoms with Gasteiger partial charge in [-0.15, -0.1) is 0 Å². The molecule has 1 unspecified atom stereocenters. The summed E-state index contributed by atoms with van der Waals surface area (Å²) in [5, 5.41) is 2.54. The minimum absolute atomic E-state index is 0.0277. The van der Waals surface area contributed by atoms with Crippen LogP contribution in [0.1, 0.15) is 41.4 Å². The van der Waals surface area contributed by atoms with Gasteiger partial charge in [0.2, 0.25) is 10.0 Å². The van der Waals surface area contributed by atoms with Crippen LogP contribution in [0, 0.1) is 6.92 Å². The number of amides is 1. The minimum Gasteiger partial charge on any atom is -0.431 e. The van der Waals surface area contributed by atoms with Crippen LogP contribution in [0.3, 0.4) is 0 Å². The van der Waals surface area contributed by atoms with Crippen LogP contribution in [-0.4, -0.2) is 81.5 Å². The smallest absolute Gasteiger partial charge is 0.416 e. The second-order valence-corrected chi connectivity index (χ2v) is 12.6. The number of methoxy groups -OCH3 is 1. The van der Waals surface area contributed by atoms with E-state index in [4.69, 9.17) is 9.15 Å². The number of halogens is 3. The lowest BCUT2D eigenvalue weighted by molar-refractivity contribution is -0.137. The summed E-state index contributed by atoms with van der Waals surface area (Å²) in [5.41, 5.74) is -0.892. The maximum Gasteiger partial charge on any atom is 0.416 e. The fraction of sp³-hybridized carbons (Fsp3) is 0.545. The molecule has 39 heavy (non-hydrogen) atoms. The summed E-state index contributed by atoms with van der Waals surface area (Å²) in [6, 6.07) is 2.68. The highest BCUT2D eigenvalue weighted by atomic mass is 32.2. The molecule has 0 saturated carbocycles. The number of ether oxygens (including phenoxy) is 1. The number of aryl methyl sites for hydroxylation is 1. The Morgan fingerprint density at radius 3 is 2.49 bits per heavy atom. The summed E-state index contributed by atoms with van der Waals surface area (Å²) in [6.45, 7) is 2.79. The van der Waals surface area contributed by atoms with Gasteiger partial charge in [-0.05, 0) is 31.0 Å². The summed E-state index contributed by atoms with van der Waals surface area (Å²) in [6.07, 6.45) is -3.39. The average molecular weight is 598 g/mol. The van der Waals surface area contributed by atoms with Crippen molar-refractivity contribution in [2.75, 3.05) is 44.4 Å². The molecule has 0 radical (unpaired) electrons. The lowest BCUT2D eigenvalue weighted by Crippen LogP contribution is -2.47. The number of rotatable bonds is 10. The third-order valence-corrected chi connectivity index (χ3v) is 9.38. The molecule has 1 amide bonds. The fourth-order valence-electron chi connectivity index (χ4n) is 3.71. The number of anilines is 2. The zero-order valence-electron chi connectivity index (χ0n) is 21.5. The molecule has 3 rings (SSSR count). The predicted molar refractivity (Wildman–Crippen MR) is 135 cm³/mol. The summed E-state index contributed by atoms with van der Waals surface area (Å²) in [4.78, 5) is 16.5. The van der Waals surface area contributed by atoms with Crippen molar-refractivity contribution in [3.63, 3.8) is 0 Å². The summed E-state index contributed by atoms with van der Waals surface area (Å²) >= 11 is 0. The normalized spacial score (nSPS) is 18.1. The zero-order valence-corrected chi connectivity index (χ0v) is 23.1. The van der Waals surface area contributed by atoms with Crippen molar-refractivity contribution in [2.24, 2.45) is 0 Å². The second-order valence-electron chi connectivity index (χ2n) is 8.87. The number of alkyl halides is 3. The lowest BCUT2D eigenvalue weighted by Gasteiger charge is -2.23. The van der Waals surface area contributed by atoms with Gasteiger partial charge in [-0.25, -0.2) is 13.1 Å². The van der Waals surface area contributed by atoms with E-state index in [1.54, 1.807) is 6.92 Å². The van der Waals surface area contributed by atoms with E-state index >= 15 is 0 Å². The van der Waals surface area contributed by atoms with Crippen LogP contribution in [0.15, 0.2) is 28.9 Å². The number of unbranched alkanes of at least 4 members (excludes halogenated alkanes) is 1. The second kappa shape index (κ2) is 12.2. The zero-order chi connectivity index (χ0) is 29.0. The molecule has 1 aromatic heterocycles. The van der Waals surface area contributed by atoms with Gasteiger partial charge in [0.05, 0.1) is 17.4 Å². The predicted octanol–water partition coefficient (Wildman–Crippen LogP) is 2.48. The highest BCUT2D eigenvalue weighted by Crippen LogP contribution is 2.33. The molecule has 1 aliphatic rings. The van der Waals surface area contributed by atoms with E-state index in [0.29, 0.717) is 18.4 Å². The number of sulfonamides is 1. The summed E-state index contributed by atoms with van der Waals surface area (Å²) in [7, 11) is -6.76. The maximum atomic E-state index is 13.0. The quantitative estimate of drug-likeness (QED) is 0.421. The Morgan fingerprint density at radius 2 is 1.85 bits per heavy atom. The van der Waals surface area contributed by atoms with Gasteiger partial charge in [0.15, 0.2) is 5.69 Å². The Hall–Kier alpha value is -2.73. The van der Waals surface area contributed by atoms with Crippen molar-refractivity contribution in [2.45, 2.75) is 39.0 Å². The van der Waals surface area contributed by atoms with Gasteiger partial charge in [-0.2, -0.15) is 35.2 Å². The number of benzene rings is 1. The van der Waals surface area contributed by atoms with Crippen molar-refractivity contribution in [3.05, 3.63) is 41.3 Å². The van der Waals surface area contributed by atoms with Crippen LogP contribution < -0.4 is 10.0 Å². The highest BCUT2D eigenvalue weighted by molar-refractivity contribution is 7.89. The highest BCUT2D eigenvalue weighted by Gasteiger charge is 2.35. The van der Waals surface area contributed by atoms with E-state index in [-0.39, 0.29) is 43.6 Å². The molecule has 1 aliphatic heterocycles. The minimum atomic E-state index is -4.58. The van der Waals surface area contributed by atoms with Gasteiger partial charge >= 0.3 is 16.4 Å². The van der Waals surface area contributed by atoms with E-state index in [9.17, 15) is 34.8 Å². The molecule has 12 nitrogen and oxygen atoms in total. The molecule has 0 aliphatic carbocycles. The SMILES string of the molecule is CCCCS(=O)(=O)N1CCN(S(=O)(=O)NC(=O)c2coc(Nc3cc(C(F)(F)F)ccc3C)n2)CC(OC)C1. The Morgan fingerprint density at radius 1 is 1.18 bits per heavy atom. The van der Waals surface area contributed by atoms with Crippen molar-refractivity contribution in [1.29, 1.82) is 0 Å². The number of carbonyl (C=O) groups is 1. The summed E-state index contributed by atoms with van der Waals surface area (Å²) < 4.78 is 105. The van der Waals surface area contributed by atoms with Crippen LogP contribution in [0.5, 0.6) is 0 Å². The molecule has 1 fully saturated rings. The molecule has 0 spiro atoms. The molecule has 0 bridgehead atoms. The van der Waals surface area contributed by atoms with Crippen molar-refractivity contribution >= 4 is 37.8 Å². The number of hydrogen-bond acceptors (Lipinski definition) is 9. The molecular formula is C22H30F3N5O7S2. The monoisotopic (exact) mass is 597 g/mol. The van der Waals surface area contributed by atoms with Crippen LogP contribution >= 0.6 is 0 Å². The average Bonchev–Trinajstić information content (AvgIpc) is 3.19. The molecular weight excluding hydrogens is 567 g/mol. The van der Waals surface area contributed by atoms with Gasteiger partial charge in [-0.1, -0.05) is 19.4 Å². The Labute approximate surface area is 224 Å². The molecule has 17 heteroatoms. The van der Waals surface area contributed by atoms with Crippen LogP contribution in [0.4, 0.5) is 24.9 Å². The number of hydrogen-bond donors (Lipinski definition) is 2. The molecule has 2 heterocycles. The van der Waals surface area contributed by atoms with Crippen molar-refractivity contribution in [1.82, 2.24) is 18.3 Å². The number of nitrogens with zero attached hydrogens (tertiary/aromatic N) is 3. The van der Waals surface area contributed by atoms with Gasteiger partial charge in [0.25, 0.3) is 11.9 Å². The molecule has 218 valence electrons. The third-order valence-electron chi connectivity index (χ3n) is 6.00. The van der Waals surface area contributed by atoms with E-state index < -0.39 is 49.7 Å². The van der Waals surface area contributed by atoms with E-state index in [1.807, 2.05) is 11.6 Å². The molecule has 1 atom stereocenters. The third kappa shape index (κ3) is 7.91. The van der Waals surface area contributed by atoms with E-state index in [0.717, 1.165) is 22.7 Å². The lowest BCUT2D eigenvalue weighted by atomic mass is 10.1. The Kier molecular flexibility index (Phi) is 9.64. The fourth-order valence-corrected chi connectivity index (χ4v) is 6.53. The molecule has 1 saturated heterocycles. The van der Waals surface area contributed by atoms with Crippen molar-refractivity contribution in [3.8, 4) is 0 Å². The maximum absolute atomic E-state index is 13.0. The Bertz CT molecular complexity index is 1380. The van der Waals surface area contributed by atoms with Gasteiger partial charge in [0, 0.05) is 39.0 Å². The first-order chi connectivity index (χ1) is 18.2. The molecule has 2 aromatic rings. The largest absolute Gasteiger partial charge is 0.431 e. The standard InChI is InChI=1S/C22H30F3N5O7S2/c1-4-5-10-38(32,33)29-8-9-30(13-17(12-29)36-3)39(34,35)28-20(31)19-14-37-21(27-19)26-18-11-16(22(23,24)25)7-6-15(18)2/h6-7,11,14,17H,4-5,8-10,12-13H2,1-3H3,(H,26,27)(H,28,31). The van der Waals surface area contributed by atoms with Crippen LogP contribution in [0.25, 0.3) is 0 Å². The topological polar surface area (TPSA) is 151 Å². The van der Waals surface area contributed by atoms with E-state index in [2.05, 4.69) is 10.3 Å². The van der Waals surface area contributed by atoms with Gasteiger partial charge in [-0.3, -0.25) is 4.79 Å². The Balaban J connectivity index is 1.71. The van der Waals surface area contributed by atoms with Crippen LogP contribution in [0.2, 0.25) is 0 Å². The first-order valence-electron chi connectivity index (χ1n) is 11.9. The number of oxazole rings is 1. The number of aromatic nitrogens is 1. The first-order valence-corrected chi connectivity index (χ1v) is 14.9. The molecule has 1 aromatic carbocycles. The molecule has 2 N–H and O–H groups in total. The number of carbonyl (C=O) groups excluding carboxylic acids is 1. The first kappa shape index (κ1) is 30.8. The van der Waals surface area contributed by atoms with Crippen molar-refractivity contribution < 1.29 is 44.0 Å². The van der Waals surface area contributed by atoms with Gasteiger partial charge in [0.1, 0.15) is 6.26 Å². The van der Waals surface area contributed by atoms with Crippen LogP contribution in [-0.2, 0) is 31.1 Å². The summed E-state index contributed by atoms with van der Waals surface area (Å²) in [5.74, 6) is -1.23. The number of nitrogens with one attached hydrogen (secondary N) is 2. The van der Waals surface area contributed by atoms with E-state index in [1.165, 1.54) is 17.5 Å². The van der Waals surface area contributed by atoms with Gasteiger partial charge < -0.3 is 14.5 Å².